The van der Waals surface area contributed by atoms with Crippen LogP contribution in [-0.2, 0) is 0 Å². The van der Waals surface area contributed by atoms with Crippen molar-refractivity contribution in [1.29, 1.82) is 0 Å². The Bertz CT molecular complexity index is 484. The van der Waals surface area contributed by atoms with Crippen LogP contribution in [-0.4, -0.2) is 34.9 Å². The minimum Gasteiger partial charge on any atom is -0.398 e. The lowest BCUT2D eigenvalue weighted by atomic mass is 10.2. The van der Waals surface area contributed by atoms with E-state index in [1.54, 1.807) is 0 Å². The fourth-order valence-corrected chi connectivity index (χ4v) is 1.38. The third kappa shape index (κ3) is 5.10. The molecule has 1 aromatic carbocycles. The molecule has 0 aromatic heterocycles. The van der Waals surface area contributed by atoms with Gasteiger partial charge in [-0.1, -0.05) is 0 Å². The quantitative estimate of drug-likeness (QED) is 0.479. The molecule has 0 saturated carbocycles. The Hall–Kier alpha value is -1.74. The Morgan fingerprint density at radius 3 is 2.65 bits per heavy atom. The van der Waals surface area contributed by atoms with Crippen LogP contribution in [0.15, 0.2) is 18.2 Å². The second-order valence-corrected chi connectivity index (χ2v) is 3.99. The first-order chi connectivity index (χ1) is 9.23. The van der Waals surface area contributed by atoms with E-state index in [-0.39, 0.29) is 18.1 Å². The van der Waals surface area contributed by atoms with Gasteiger partial charge in [0.15, 0.2) is 0 Å². The summed E-state index contributed by atoms with van der Waals surface area (Å²) in [4.78, 5) is 9.72. The average molecular weight is 315 g/mol. The highest BCUT2D eigenvalue weighted by Crippen LogP contribution is 2.34. The molecule has 10 heteroatoms. The van der Waals surface area contributed by atoms with E-state index in [0.29, 0.717) is 0 Å². The van der Waals surface area contributed by atoms with E-state index < -0.39 is 28.8 Å². The number of aliphatic hydroxyl groups is 1. The smallest absolute Gasteiger partial charge is 0.398 e. The maximum Gasteiger partial charge on any atom is 0.573 e. The van der Waals surface area contributed by atoms with Gasteiger partial charge in [-0.25, -0.2) is 0 Å². The van der Waals surface area contributed by atoms with E-state index in [4.69, 9.17) is 11.6 Å². The molecule has 0 saturated heterocycles. The topological polar surface area (TPSA) is 84.6 Å². The van der Waals surface area contributed by atoms with Crippen LogP contribution in [0.5, 0.6) is 5.75 Å². The molecule has 2 N–H and O–H groups in total. The van der Waals surface area contributed by atoms with Crippen LogP contribution >= 0.6 is 11.6 Å². The predicted octanol–water partition coefficient (Wildman–Crippen LogP) is 2.51. The van der Waals surface area contributed by atoms with Crippen molar-refractivity contribution in [2.24, 2.45) is 0 Å². The Morgan fingerprint density at radius 2 is 2.15 bits per heavy atom. The van der Waals surface area contributed by atoms with E-state index in [0.717, 1.165) is 18.2 Å². The third-order valence-corrected chi connectivity index (χ3v) is 2.46. The van der Waals surface area contributed by atoms with E-state index in [1.165, 1.54) is 0 Å². The SMILES string of the molecule is O=[N+]([O-])c1cc(NCC(O)CCl)ccc1OC(F)(F)F. The molecule has 0 bridgehead atoms. The van der Waals surface area contributed by atoms with Gasteiger partial charge >= 0.3 is 12.0 Å². The first kappa shape index (κ1) is 16.3. The summed E-state index contributed by atoms with van der Waals surface area (Å²) in [5, 5.41) is 22.5. The lowest BCUT2D eigenvalue weighted by Crippen LogP contribution is -2.21. The van der Waals surface area contributed by atoms with E-state index >= 15 is 0 Å². The van der Waals surface area contributed by atoms with Gasteiger partial charge in [-0.3, -0.25) is 10.1 Å². The van der Waals surface area contributed by atoms with Gasteiger partial charge in [-0.2, -0.15) is 0 Å². The van der Waals surface area contributed by atoms with Crippen molar-refractivity contribution >= 4 is 23.0 Å². The maximum atomic E-state index is 12.1. The second-order valence-electron chi connectivity index (χ2n) is 3.68. The molecule has 1 atom stereocenters. The number of halogens is 4. The third-order valence-electron chi connectivity index (χ3n) is 2.10. The Kier molecular flexibility index (Phi) is 5.40. The molecular weight excluding hydrogens is 305 g/mol. The molecule has 0 amide bonds. The standard InChI is InChI=1S/C10H10ClF3N2O4/c11-4-7(17)5-15-6-1-2-9(20-10(12,13)14)8(3-6)16(18)19/h1-3,7,15,17H,4-5H2. The van der Waals surface area contributed by atoms with Gasteiger partial charge in [0, 0.05) is 18.3 Å². The highest BCUT2D eigenvalue weighted by atomic mass is 35.5. The predicted molar refractivity (Wildman–Crippen MR) is 65.0 cm³/mol. The fraction of sp³-hybridized carbons (Fsp3) is 0.400. The number of nitrogens with zero attached hydrogens (tertiary/aromatic N) is 1. The molecule has 0 aliphatic rings. The highest BCUT2D eigenvalue weighted by molar-refractivity contribution is 6.18. The van der Waals surface area contributed by atoms with Crippen LogP contribution in [0, 0.1) is 10.1 Å². The molecule has 0 fully saturated rings. The zero-order valence-corrected chi connectivity index (χ0v) is 10.6. The van der Waals surface area contributed by atoms with Gasteiger partial charge in [-0.15, -0.1) is 24.8 Å². The van der Waals surface area contributed by atoms with Crippen LogP contribution in [0.1, 0.15) is 0 Å². The number of hydrogen-bond donors (Lipinski definition) is 2. The highest BCUT2D eigenvalue weighted by Gasteiger charge is 2.34. The minimum absolute atomic E-state index is 0.000128. The molecule has 1 aromatic rings. The lowest BCUT2D eigenvalue weighted by Gasteiger charge is -2.12. The molecule has 1 unspecified atom stereocenters. The number of nitro groups is 1. The van der Waals surface area contributed by atoms with Gasteiger partial charge in [0.05, 0.1) is 16.9 Å². The van der Waals surface area contributed by atoms with Crippen molar-refractivity contribution in [3.8, 4) is 5.75 Å². The summed E-state index contributed by atoms with van der Waals surface area (Å²) in [6.45, 7) is 0.000128. The number of nitro benzene ring substituents is 1. The van der Waals surface area contributed by atoms with E-state index in [2.05, 4.69) is 10.1 Å². The Morgan fingerprint density at radius 1 is 1.50 bits per heavy atom. The number of anilines is 1. The summed E-state index contributed by atoms with van der Waals surface area (Å²) in [6.07, 6.45) is -5.91. The van der Waals surface area contributed by atoms with Gasteiger partial charge in [0.1, 0.15) is 0 Å². The minimum atomic E-state index is -5.02. The van der Waals surface area contributed by atoms with Crippen LogP contribution in [0.2, 0.25) is 0 Å². The number of hydrogen-bond acceptors (Lipinski definition) is 5. The molecule has 20 heavy (non-hydrogen) atoms. The van der Waals surface area contributed by atoms with Crippen LogP contribution in [0.4, 0.5) is 24.5 Å². The van der Waals surface area contributed by atoms with Gasteiger partial charge < -0.3 is 15.2 Å². The molecule has 0 spiro atoms. The summed E-state index contributed by atoms with van der Waals surface area (Å²) >= 11 is 5.35. The summed E-state index contributed by atoms with van der Waals surface area (Å²) in [5.74, 6) is -0.962. The molecule has 112 valence electrons. The van der Waals surface area contributed by atoms with Crippen molar-refractivity contribution in [1.82, 2.24) is 0 Å². The largest absolute Gasteiger partial charge is 0.573 e. The summed E-state index contributed by atoms with van der Waals surface area (Å²) in [7, 11) is 0. The van der Waals surface area contributed by atoms with Gasteiger partial charge in [-0.05, 0) is 12.1 Å². The second kappa shape index (κ2) is 6.62. The zero-order valence-electron chi connectivity index (χ0n) is 9.85. The van der Waals surface area contributed by atoms with Gasteiger partial charge in [0.2, 0.25) is 5.75 Å². The van der Waals surface area contributed by atoms with Crippen molar-refractivity contribution in [2.45, 2.75) is 12.5 Å². The van der Waals surface area contributed by atoms with E-state index in [1.807, 2.05) is 0 Å². The zero-order chi connectivity index (χ0) is 15.3. The summed E-state index contributed by atoms with van der Waals surface area (Å²) in [6, 6.07) is 2.86. The first-order valence-electron chi connectivity index (χ1n) is 5.25. The number of alkyl halides is 4. The molecular formula is C10H10ClF3N2O4. The normalized spacial score (nSPS) is 12.8. The van der Waals surface area contributed by atoms with Crippen molar-refractivity contribution in [2.75, 3.05) is 17.7 Å². The van der Waals surface area contributed by atoms with E-state index in [9.17, 15) is 28.4 Å². The van der Waals surface area contributed by atoms with Crippen LogP contribution in [0.3, 0.4) is 0 Å². The monoisotopic (exact) mass is 314 g/mol. The van der Waals surface area contributed by atoms with Crippen LogP contribution < -0.4 is 10.1 Å². The van der Waals surface area contributed by atoms with Crippen molar-refractivity contribution < 1.29 is 27.9 Å². The maximum absolute atomic E-state index is 12.1. The number of benzene rings is 1. The van der Waals surface area contributed by atoms with Gasteiger partial charge in [0.25, 0.3) is 0 Å². The molecule has 0 aliphatic carbocycles. The number of nitrogens with one attached hydrogen (secondary N) is 1. The lowest BCUT2D eigenvalue weighted by molar-refractivity contribution is -0.388. The summed E-state index contributed by atoms with van der Waals surface area (Å²) in [5.41, 5.74) is -0.678. The van der Waals surface area contributed by atoms with Crippen molar-refractivity contribution in [3.05, 3.63) is 28.3 Å². The summed E-state index contributed by atoms with van der Waals surface area (Å²) < 4.78 is 39.8. The Balaban J connectivity index is 2.92. The van der Waals surface area contributed by atoms with Crippen molar-refractivity contribution in [3.63, 3.8) is 0 Å². The molecule has 1 rings (SSSR count). The number of ether oxygens (including phenoxy) is 1. The number of aliphatic hydroxyl groups excluding tert-OH is 1. The van der Waals surface area contributed by atoms with Crippen LogP contribution in [0.25, 0.3) is 0 Å². The molecule has 0 heterocycles. The molecule has 0 radical (unpaired) electrons. The molecule has 6 nitrogen and oxygen atoms in total. The molecule has 0 aliphatic heterocycles. The average Bonchev–Trinajstić information content (AvgIpc) is 2.35. The Labute approximate surface area is 116 Å². The first-order valence-corrected chi connectivity index (χ1v) is 5.78. The number of rotatable bonds is 6. The fourth-order valence-electron chi connectivity index (χ4n) is 1.27.